The summed E-state index contributed by atoms with van der Waals surface area (Å²) in [6, 6.07) is 6.68. The Morgan fingerprint density at radius 3 is 2.79 bits per heavy atom. The summed E-state index contributed by atoms with van der Waals surface area (Å²) in [4.78, 5) is 28.5. The number of fused-ring (bicyclic) bond motifs is 1. The lowest BCUT2D eigenvalue weighted by molar-refractivity contribution is -0.133. The van der Waals surface area contributed by atoms with E-state index in [1.54, 1.807) is 7.11 Å². The number of ether oxygens (including phenoxy) is 1. The van der Waals surface area contributed by atoms with E-state index in [9.17, 15) is 9.59 Å². The number of rotatable bonds is 3. The van der Waals surface area contributed by atoms with E-state index in [-0.39, 0.29) is 41.0 Å². The van der Waals surface area contributed by atoms with Gasteiger partial charge >= 0.3 is 0 Å². The maximum Gasteiger partial charge on any atom is 0.224 e. The molecule has 5 heteroatoms. The minimum absolute atomic E-state index is 0.0500. The third-order valence-corrected chi connectivity index (χ3v) is 7.99. The van der Waals surface area contributed by atoms with Gasteiger partial charge in [0.15, 0.2) is 0 Å². The predicted octanol–water partition coefficient (Wildman–Crippen LogP) is 2.87. The van der Waals surface area contributed by atoms with Crippen LogP contribution in [-0.4, -0.2) is 36.4 Å². The number of nitrogens with one attached hydrogen (secondary N) is 1. The van der Waals surface area contributed by atoms with Crippen molar-refractivity contribution in [2.45, 2.75) is 57.5 Å². The van der Waals surface area contributed by atoms with Gasteiger partial charge in [-0.25, -0.2) is 0 Å². The van der Waals surface area contributed by atoms with Crippen LogP contribution in [0.3, 0.4) is 0 Å². The zero-order valence-corrected chi connectivity index (χ0v) is 17.0. The number of amides is 2. The van der Waals surface area contributed by atoms with Crippen molar-refractivity contribution in [2.75, 3.05) is 13.7 Å². The molecule has 2 saturated carbocycles. The summed E-state index contributed by atoms with van der Waals surface area (Å²) in [6.45, 7) is 5.25. The highest BCUT2D eigenvalue weighted by Crippen LogP contribution is 2.63. The van der Waals surface area contributed by atoms with Gasteiger partial charge in [0.05, 0.1) is 12.6 Å². The number of carbonyl (C=O) groups is 2. The van der Waals surface area contributed by atoms with Gasteiger partial charge in [0.2, 0.25) is 11.8 Å². The highest BCUT2D eigenvalue weighted by atomic mass is 16.5. The highest BCUT2D eigenvalue weighted by Gasteiger charge is 2.67. The van der Waals surface area contributed by atoms with E-state index in [1.807, 2.05) is 6.07 Å². The first-order chi connectivity index (χ1) is 13.5. The van der Waals surface area contributed by atoms with E-state index in [2.05, 4.69) is 36.2 Å². The van der Waals surface area contributed by atoms with E-state index in [0.29, 0.717) is 12.5 Å². The van der Waals surface area contributed by atoms with Crippen LogP contribution in [0.1, 0.15) is 50.7 Å². The fourth-order valence-electron chi connectivity index (χ4n) is 6.49. The van der Waals surface area contributed by atoms with Crippen LogP contribution in [0.15, 0.2) is 18.2 Å². The van der Waals surface area contributed by atoms with Crippen LogP contribution in [0, 0.1) is 23.7 Å². The molecule has 1 spiro atoms. The molecule has 2 unspecified atom stereocenters. The van der Waals surface area contributed by atoms with Gasteiger partial charge in [0.1, 0.15) is 5.75 Å². The average molecular weight is 383 g/mol. The quantitative estimate of drug-likeness (QED) is 0.875. The molecule has 0 radical (unpaired) electrons. The summed E-state index contributed by atoms with van der Waals surface area (Å²) in [7, 11) is 1.70. The summed E-state index contributed by atoms with van der Waals surface area (Å²) >= 11 is 0. The molecule has 5 atom stereocenters. The van der Waals surface area contributed by atoms with Crippen LogP contribution in [0.2, 0.25) is 0 Å². The van der Waals surface area contributed by atoms with Crippen LogP contribution >= 0.6 is 0 Å². The number of methoxy groups -OCH3 is 1. The molecule has 1 saturated heterocycles. The lowest BCUT2D eigenvalue weighted by atomic mass is 9.73. The van der Waals surface area contributed by atoms with Gasteiger partial charge in [-0.1, -0.05) is 19.9 Å². The standard InChI is InChI=1S/C23H30N2O3/c1-13-14(2)23-18-9-8-17(28-3)11-15(18)5-4-10-25(23)20(26)12-19(23)21(13)22(27)24-16-6-7-16/h8-9,11,13-14,16,19,21H,4-7,10,12H2,1-3H3,(H,24,27)/t13-,14-,19?,21+,23?/m0/s1. The van der Waals surface area contributed by atoms with Gasteiger partial charge in [-0.05, 0) is 60.8 Å². The fourth-order valence-corrected chi connectivity index (χ4v) is 6.49. The molecule has 1 N–H and O–H groups in total. The first-order valence-corrected chi connectivity index (χ1v) is 10.8. The smallest absolute Gasteiger partial charge is 0.224 e. The average Bonchev–Trinajstić information content (AvgIpc) is 3.43. The van der Waals surface area contributed by atoms with Gasteiger partial charge in [0.25, 0.3) is 0 Å². The zero-order valence-electron chi connectivity index (χ0n) is 17.0. The van der Waals surface area contributed by atoms with Crippen molar-refractivity contribution in [2.24, 2.45) is 23.7 Å². The summed E-state index contributed by atoms with van der Waals surface area (Å²) in [5.41, 5.74) is 2.17. The molecule has 2 heterocycles. The van der Waals surface area contributed by atoms with Gasteiger partial charge in [-0.15, -0.1) is 0 Å². The van der Waals surface area contributed by atoms with Crippen LogP contribution in [0.4, 0.5) is 0 Å². The van der Waals surface area contributed by atoms with Crippen molar-refractivity contribution in [3.8, 4) is 5.75 Å². The SMILES string of the molecule is COc1ccc2c(c1)CCCN1C(=O)CC3[C@H](C(=O)NC4CC4)[C@@H](C)[C@H](C)C231. The Bertz CT molecular complexity index is 833. The van der Waals surface area contributed by atoms with Gasteiger partial charge in [0, 0.05) is 30.8 Å². The molecule has 3 fully saturated rings. The van der Waals surface area contributed by atoms with Crippen molar-refractivity contribution in [3.05, 3.63) is 29.3 Å². The molecule has 1 aromatic rings. The molecule has 2 amide bonds. The second-order valence-electron chi connectivity index (χ2n) is 9.26. The normalized spacial score (nSPS) is 36.4. The van der Waals surface area contributed by atoms with Crippen molar-refractivity contribution in [1.29, 1.82) is 0 Å². The van der Waals surface area contributed by atoms with Crippen molar-refractivity contribution in [1.82, 2.24) is 10.2 Å². The van der Waals surface area contributed by atoms with E-state index in [4.69, 9.17) is 4.74 Å². The summed E-state index contributed by atoms with van der Waals surface area (Å²) in [5.74, 6) is 1.68. The summed E-state index contributed by atoms with van der Waals surface area (Å²) in [5, 5.41) is 3.24. The maximum absolute atomic E-state index is 13.2. The first-order valence-electron chi connectivity index (χ1n) is 10.8. The van der Waals surface area contributed by atoms with Gasteiger partial charge in [-0.2, -0.15) is 0 Å². The molecule has 4 aliphatic rings. The molecule has 28 heavy (non-hydrogen) atoms. The number of benzene rings is 1. The Hall–Kier alpha value is -2.04. The molecular formula is C23H30N2O3. The Balaban J connectivity index is 1.65. The lowest BCUT2D eigenvalue weighted by Crippen LogP contribution is -2.49. The predicted molar refractivity (Wildman–Crippen MR) is 106 cm³/mol. The molecule has 150 valence electrons. The Morgan fingerprint density at radius 2 is 2.07 bits per heavy atom. The second-order valence-corrected chi connectivity index (χ2v) is 9.26. The Labute approximate surface area is 166 Å². The van der Waals surface area contributed by atoms with Crippen LogP contribution in [0.25, 0.3) is 0 Å². The Kier molecular flexibility index (Phi) is 4.01. The molecule has 5 nitrogen and oxygen atoms in total. The lowest BCUT2D eigenvalue weighted by Gasteiger charge is -2.43. The molecular weight excluding hydrogens is 352 g/mol. The highest BCUT2D eigenvalue weighted by molar-refractivity contribution is 5.86. The van der Waals surface area contributed by atoms with E-state index in [1.165, 1.54) is 11.1 Å². The molecule has 2 aliphatic carbocycles. The molecule has 0 aromatic heterocycles. The third-order valence-electron chi connectivity index (χ3n) is 7.99. The van der Waals surface area contributed by atoms with Crippen LogP contribution < -0.4 is 10.1 Å². The number of carbonyl (C=O) groups excluding carboxylic acids is 2. The van der Waals surface area contributed by atoms with Crippen molar-refractivity contribution < 1.29 is 14.3 Å². The maximum atomic E-state index is 13.2. The van der Waals surface area contributed by atoms with E-state index >= 15 is 0 Å². The minimum Gasteiger partial charge on any atom is -0.497 e. The monoisotopic (exact) mass is 382 g/mol. The number of aryl methyl sites for hydroxylation is 1. The number of hydrogen-bond acceptors (Lipinski definition) is 3. The minimum atomic E-state index is -0.361. The van der Waals surface area contributed by atoms with Crippen molar-refractivity contribution >= 4 is 11.8 Å². The van der Waals surface area contributed by atoms with Crippen LogP contribution in [0.5, 0.6) is 5.75 Å². The molecule has 2 aliphatic heterocycles. The zero-order chi connectivity index (χ0) is 19.6. The third kappa shape index (κ3) is 2.31. The topological polar surface area (TPSA) is 58.6 Å². The van der Waals surface area contributed by atoms with Crippen molar-refractivity contribution in [3.63, 3.8) is 0 Å². The molecule has 1 aromatic carbocycles. The molecule has 5 rings (SSSR count). The molecule has 0 bridgehead atoms. The van der Waals surface area contributed by atoms with Crippen LogP contribution in [-0.2, 0) is 21.5 Å². The van der Waals surface area contributed by atoms with E-state index in [0.717, 1.165) is 38.0 Å². The van der Waals surface area contributed by atoms with E-state index < -0.39 is 0 Å². The van der Waals surface area contributed by atoms with Gasteiger partial charge in [-0.3, -0.25) is 9.59 Å². The summed E-state index contributed by atoms with van der Waals surface area (Å²) < 4.78 is 5.48. The van der Waals surface area contributed by atoms with Gasteiger partial charge < -0.3 is 15.0 Å². The Morgan fingerprint density at radius 1 is 1.29 bits per heavy atom. The first kappa shape index (κ1) is 18.0. The largest absolute Gasteiger partial charge is 0.497 e. The second kappa shape index (κ2) is 6.23. The summed E-state index contributed by atoms with van der Waals surface area (Å²) in [6.07, 6.45) is 4.58. The fraction of sp³-hybridized carbons (Fsp3) is 0.652. The number of nitrogens with zero attached hydrogens (tertiary/aromatic N) is 1. The number of hydrogen-bond donors (Lipinski definition) is 1.